The molecule has 0 aliphatic heterocycles. The lowest BCUT2D eigenvalue weighted by molar-refractivity contribution is -0.145. The van der Waals surface area contributed by atoms with Gasteiger partial charge in [0.2, 0.25) is 11.7 Å². The lowest BCUT2D eigenvalue weighted by atomic mass is 10.3. The zero-order chi connectivity index (χ0) is 15.6. The molecule has 0 atom stereocenters. The van der Waals surface area contributed by atoms with E-state index in [0.29, 0.717) is 5.02 Å². The number of halogens is 5. The molecule has 1 aromatic carbocycles. The average molecular weight is 338 g/mol. The molecule has 2 rings (SSSR count). The van der Waals surface area contributed by atoms with Gasteiger partial charge in [-0.25, -0.2) is 4.98 Å². The number of aromatic nitrogens is 2. The maximum absolute atomic E-state index is 12.7. The topological polar surface area (TPSA) is 47.0 Å². The maximum Gasteiger partial charge on any atom is 0.451 e. The summed E-state index contributed by atoms with van der Waals surface area (Å²) in [5.41, 5.74) is 0. The third-order valence-corrected chi connectivity index (χ3v) is 2.87. The average Bonchev–Trinajstić information content (AvgIpc) is 2.41. The van der Waals surface area contributed by atoms with Gasteiger partial charge >= 0.3 is 6.18 Å². The van der Waals surface area contributed by atoms with Crippen LogP contribution in [0.1, 0.15) is 5.82 Å². The predicted octanol–water partition coefficient (Wildman–Crippen LogP) is 4.64. The lowest BCUT2D eigenvalue weighted by Crippen LogP contribution is -2.12. The van der Waals surface area contributed by atoms with Gasteiger partial charge in [-0.15, -0.1) is 0 Å². The highest BCUT2D eigenvalue weighted by molar-refractivity contribution is 6.34. The predicted molar refractivity (Wildman–Crippen MR) is 73.1 cm³/mol. The molecule has 0 amide bonds. The minimum atomic E-state index is -4.69. The van der Waals surface area contributed by atoms with E-state index in [2.05, 4.69) is 15.3 Å². The Balaban J connectivity index is 2.42. The van der Waals surface area contributed by atoms with Crippen LogP contribution in [0.2, 0.25) is 10.0 Å². The van der Waals surface area contributed by atoms with Crippen LogP contribution in [-0.2, 0) is 6.18 Å². The van der Waals surface area contributed by atoms with Crippen molar-refractivity contribution in [2.75, 3.05) is 12.4 Å². The molecule has 112 valence electrons. The van der Waals surface area contributed by atoms with Crippen molar-refractivity contribution < 1.29 is 17.9 Å². The molecule has 0 spiro atoms. The van der Waals surface area contributed by atoms with Crippen molar-refractivity contribution in [3.63, 3.8) is 0 Å². The number of ether oxygens (including phenoxy) is 1. The summed E-state index contributed by atoms with van der Waals surface area (Å²) in [5.74, 6) is -1.56. The van der Waals surface area contributed by atoms with E-state index in [1.165, 1.54) is 31.3 Å². The Morgan fingerprint density at radius 3 is 2.48 bits per heavy atom. The zero-order valence-electron chi connectivity index (χ0n) is 10.5. The quantitative estimate of drug-likeness (QED) is 0.886. The molecule has 1 aromatic heterocycles. The summed E-state index contributed by atoms with van der Waals surface area (Å²) in [6.45, 7) is 0. The van der Waals surface area contributed by atoms with Gasteiger partial charge < -0.3 is 10.1 Å². The number of rotatable bonds is 3. The van der Waals surface area contributed by atoms with Crippen molar-refractivity contribution in [1.29, 1.82) is 0 Å². The van der Waals surface area contributed by atoms with Crippen molar-refractivity contribution in [1.82, 2.24) is 9.97 Å². The van der Waals surface area contributed by atoms with Crippen molar-refractivity contribution in [3.05, 3.63) is 40.1 Å². The monoisotopic (exact) mass is 337 g/mol. The molecule has 9 heteroatoms. The third kappa shape index (κ3) is 3.89. The fraction of sp³-hybridized carbons (Fsp3) is 0.167. The van der Waals surface area contributed by atoms with E-state index in [-0.39, 0.29) is 22.5 Å². The number of hydrogen-bond donors (Lipinski definition) is 1. The molecule has 2 aromatic rings. The summed E-state index contributed by atoms with van der Waals surface area (Å²) >= 11 is 11.7. The first-order chi connectivity index (χ1) is 9.79. The molecule has 0 saturated heterocycles. The highest BCUT2D eigenvalue weighted by Crippen LogP contribution is 2.34. The molecular formula is C12H8Cl2F3N3O. The van der Waals surface area contributed by atoms with Gasteiger partial charge in [0, 0.05) is 24.2 Å². The molecular weight excluding hydrogens is 330 g/mol. The highest BCUT2D eigenvalue weighted by Gasteiger charge is 2.35. The molecule has 0 aliphatic rings. The summed E-state index contributed by atoms with van der Waals surface area (Å²) in [6, 6.07) is 5.58. The van der Waals surface area contributed by atoms with Crippen LogP contribution in [0.3, 0.4) is 0 Å². The van der Waals surface area contributed by atoms with Gasteiger partial charge in [0.15, 0.2) is 0 Å². The number of anilines is 1. The second-order valence-corrected chi connectivity index (χ2v) is 4.68. The first kappa shape index (κ1) is 15.7. The highest BCUT2D eigenvalue weighted by atomic mass is 35.5. The Labute approximate surface area is 127 Å². The SMILES string of the molecule is CNc1cc(Oc2cc(Cl)ccc2Cl)nc(C(F)(F)F)n1. The van der Waals surface area contributed by atoms with Crippen LogP contribution in [0, 0.1) is 0 Å². The molecule has 0 saturated carbocycles. The fourth-order valence-electron chi connectivity index (χ4n) is 1.40. The standard InChI is InChI=1S/C12H8Cl2F3N3O/c1-18-9-5-10(20-11(19-9)12(15,16)17)21-8-4-6(13)2-3-7(8)14/h2-5H,1H3,(H,18,19,20). The summed E-state index contributed by atoms with van der Waals surface area (Å²) in [5, 5.41) is 3.02. The van der Waals surface area contributed by atoms with Crippen LogP contribution in [0.4, 0.5) is 19.0 Å². The zero-order valence-corrected chi connectivity index (χ0v) is 12.0. The molecule has 0 fully saturated rings. The molecule has 0 radical (unpaired) electrons. The molecule has 0 unspecified atom stereocenters. The van der Waals surface area contributed by atoms with Gasteiger partial charge in [0.1, 0.15) is 11.6 Å². The van der Waals surface area contributed by atoms with E-state index >= 15 is 0 Å². The summed E-state index contributed by atoms with van der Waals surface area (Å²) in [6.07, 6.45) is -4.69. The van der Waals surface area contributed by atoms with Crippen molar-refractivity contribution in [2.45, 2.75) is 6.18 Å². The van der Waals surface area contributed by atoms with Gasteiger partial charge in [0.05, 0.1) is 5.02 Å². The van der Waals surface area contributed by atoms with Gasteiger partial charge in [-0.1, -0.05) is 23.2 Å². The van der Waals surface area contributed by atoms with Crippen LogP contribution in [-0.4, -0.2) is 17.0 Å². The van der Waals surface area contributed by atoms with E-state index < -0.39 is 12.0 Å². The number of benzene rings is 1. The Kier molecular flexibility index (Phi) is 4.43. The van der Waals surface area contributed by atoms with E-state index in [1.54, 1.807) is 0 Å². The Morgan fingerprint density at radius 2 is 1.86 bits per heavy atom. The smallest absolute Gasteiger partial charge is 0.437 e. The van der Waals surface area contributed by atoms with Crippen LogP contribution in [0.25, 0.3) is 0 Å². The molecule has 1 N–H and O–H groups in total. The minimum Gasteiger partial charge on any atom is -0.437 e. The largest absolute Gasteiger partial charge is 0.451 e. The molecule has 4 nitrogen and oxygen atoms in total. The van der Waals surface area contributed by atoms with Gasteiger partial charge in [0.25, 0.3) is 0 Å². The second-order valence-electron chi connectivity index (χ2n) is 3.84. The lowest BCUT2D eigenvalue weighted by Gasteiger charge is -2.11. The third-order valence-electron chi connectivity index (χ3n) is 2.32. The van der Waals surface area contributed by atoms with Gasteiger partial charge in [-0.2, -0.15) is 18.2 Å². The first-order valence-corrected chi connectivity index (χ1v) is 6.32. The maximum atomic E-state index is 12.7. The van der Waals surface area contributed by atoms with Crippen LogP contribution < -0.4 is 10.1 Å². The van der Waals surface area contributed by atoms with Crippen LogP contribution in [0.15, 0.2) is 24.3 Å². The van der Waals surface area contributed by atoms with E-state index in [4.69, 9.17) is 27.9 Å². The summed E-state index contributed by atoms with van der Waals surface area (Å²) in [7, 11) is 1.43. The Bertz CT molecular complexity index is 665. The number of nitrogens with one attached hydrogen (secondary N) is 1. The minimum absolute atomic E-state index is 0.0366. The Hall–Kier alpha value is -1.73. The number of alkyl halides is 3. The molecule has 0 bridgehead atoms. The van der Waals surface area contributed by atoms with E-state index in [0.717, 1.165) is 0 Å². The molecule has 1 heterocycles. The van der Waals surface area contributed by atoms with Crippen molar-refractivity contribution >= 4 is 29.0 Å². The first-order valence-electron chi connectivity index (χ1n) is 5.56. The van der Waals surface area contributed by atoms with E-state index in [1.807, 2.05) is 0 Å². The molecule has 0 aliphatic carbocycles. The normalized spacial score (nSPS) is 11.3. The summed E-state index contributed by atoms with van der Waals surface area (Å²) < 4.78 is 43.4. The Morgan fingerprint density at radius 1 is 1.14 bits per heavy atom. The van der Waals surface area contributed by atoms with Crippen LogP contribution >= 0.6 is 23.2 Å². The second kappa shape index (κ2) is 5.95. The number of hydrogen-bond acceptors (Lipinski definition) is 4. The molecule has 21 heavy (non-hydrogen) atoms. The summed E-state index contributed by atoms with van der Waals surface area (Å²) in [4.78, 5) is 6.64. The van der Waals surface area contributed by atoms with Crippen LogP contribution in [0.5, 0.6) is 11.6 Å². The fourth-order valence-corrected chi connectivity index (χ4v) is 1.72. The number of nitrogens with zero attached hydrogens (tertiary/aromatic N) is 2. The van der Waals surface area contributed by atoms with Crippen molar-refractivity contribution in [2.24, 2.45) is 0 Å². The van der Waals surface area contributed by atoms with Gasteiger partial charge in [-0.3, -0.25) is 0 Å². The van der Waals surface area contributed by atoms with Gasteiger partial charge in [-0.05, 0) is 12.1 Å². The van der Waals surface area contributed by atoms with Crippen molar-refractivity contribution in [3.8, 4) is 11.6 Å². The van der Waals surface area contributed by atoms with E-state index in [9.17, 15) is 13.2 Å².